The van der Waals surface area contributed by atoms with Crippen LogP contribution in [-0.4, -0.2) is 31.9 Å². The fraction of sp³-hybridized carbons (Fsp3) is 0.364. The maximum absolute atomic E-state index is 12.5. The summed E-state index contributed by atoms with van der Waals surface area (Å²) in [5.74, 6) is -2.83. The summed E-state index contributed by atoms with van der Waals surface area (Å²) in [6.07, 6.45) is -4.70. The van der Waals surface area contributed by atoms with Gasteiger partial charge in [0.2, 0.25) is 10.0 Å². The quantitative estimate of drug-likeness (QED) is 0.634. The average molecular weight is 327 g/mol. The van der Waals surface area contributed by atoms with Gasteiger partial charge < -0.3 is 9.84 Å². The first kappa shape index (κ1) is 17.1. The third-order valence-electron chi connectivity index (χ3n) is 2.20. The molecule has 2 N–H and O–H groups in total. The van der Waals surface area contributed by atoms with Crippen LogP contribution < -0.4 is 4.72 Å². The van der Waals surface area contributed by atoms with Crippen LogP contribution in [0.2, 0.25) is 0 Å². The first-order chi connectivity index (χ1) is 9.55. The first-order valence-corrected chi connectivity index (χ1v) is 7.26. The van der Waals surface area contributed by atoms with Crippen LogP contribution >= 0.6 is 0 Å². The summed E-state index contributed by atoms with van der Waals surface area (Å²) in [6.45, 7) is 1.43. The van der Waals surface area contributed by atoms with Crippen LogP contribution in [0.5, 0.6) is 5.75 Å². The smallest absolute Gasteiger partial charge is 0.416 e. The van der Waals surface area contributed by atoms with Gasteiger partial charge in [-0.15, -0.1) is 0 Å². The Balaban J connectivity index is 2.99. The molecule has 0 bridgehead atoms. The van der Waals surface area contributed by atoms with E-state index in [1.165, 1.54) is 6.92 Å². The fourth-order valence-corrected chi connectivity index (χ4v) is 2.32. The van der Waals surface area contributed by atoms with E-state index in [4.69, 9.17) is 0 Å². The van der Waals surface area contributed by atoms with Crippen LogP contribution in [-0.2, 0) is 25.7 Å². The summed E-state index contributed by atoms with van der Waals surface area (Å²) in [5.41, 5.74) is -1.82. The van der Waals surface area contributed by atoms with Crippen molar-refractivity contribution in [3.63, 3.8) is 0 Å². The van der Waals surface area contributed by atoms with Gasteiger partial charge in [-0.2, -0.15) is 13.2 Å². The molecule has 0 fully saturated rings. The number of rotatable bonds is 5. The molecule has 0 aliphatic rings. The van der Waals surface area contributed by atoms with Gasteiger partial charge in [0.15, 0.2) is 5.75 Å². The highest BCUT2D eigenvalue weighted by Gasteiger charge is 2.31. The molecule has 6 nitrogen and oxygen atoms in total. The highest BCUT2D eigenvalue weighted by molar-refractivity contribution is 7.93. The second kappa shape index (κ2) is 6.20. The van der Waals surface area contributed by atoms with Gasteiger partial charge >= 0.3 is 12.1 Å². The number of phenols is 1. The molecule has 0 atom stereocenters. The number of hydrogen-bond donors (Lipinski definition) is 2. The number of esters is 1. The van der Waals surface area contributed by atoms with Gasteiger partial charge in [-0.05, 0) is 25.1 Å². The Morgan fingerprint density at radius 1 is 1.38 bits per heavy atom. The molecule has 10 heteroatoms. The van der Waals surface area contributed by atoms with Gasteiger partial charge in [-0.1, -0.05) is 0 Å². The zero-order chi connectivity index (χ0) is 16.3. The van der Waals surface area contributed by atoms with Gasteiger partial charge in [-0.25, -0.2) is 8.42 Å². The molecule has 0 amide bonds. The van der Waals surface area contributed by atoms with Gasteiger partial charge in [0, 0.05) is 0 Å². The van der Waals surface area contributed by atoms with E-state index in [0.29, 0.717) is 18.2 Å². The highest BCUT2D eigenvalue weighted by atomic mass is 32.2. The normalized spacial score (nSPS) is 12.0. The number of alkyl halides is 3. The standard InChI is InChI=1S/C11H12F3NO5S/c1-2-20-10(17)6-21(18,19)15-8-5-7(11(12,13)14)3-4-9(8)16/h3-5,15-16H,2,6H2,1H3. The largest absolute Gasteiger partial charge is 0.506 e. The molecule has 0 heterocycles. The third kappa shape index (κ3) is 5.14. The lowest BCUT2D eigenvalue weighted by Gasteiger charge is -2.12. The summed E-state index contributed by atoms with van der Waals surface area (Å²) in [4.78, 5) is 11.1. The minimum Gasteiger partial charge on any atom is -0.506 e. The molecular formula is C11H12F3NO5S. The molecule has 0 aliphatic carbocycles. The average Bonchev–Trinajstić information content (AvgIpc) is 2.29. The highest BCUT2D eigenvalue weighted by Crippen LogP contribution is 2.34. The van der Waals surface area contributed by atoms with E-state index in [2.05, 4.69) is 4.74 Å². The summed E-state index contributed by atoms with van der Waals surface area (Å²) in [6, 6.07) is 1.72. The summed E-state index contributed by atoms with van der Waals surface area (Å²) < 4.78 is 66.9. The molecule has 118 valence electrons. The van der Waals surface area contributed by atoms with Crippen LogP contribution in [0.4, 0.5) is 18.9 Å². The van der Waals surface area contributed by atoms with Crippen molar-refractivity contribution in [1.82, 2.24) is 0 Å². The van der Waals surface area contributed by atoms with E-state index in [1.54, 1.807) is 4.72 Å². The lowest BCUT2D eigenvalue weighted by Crippen LogP contribution is -2.24. The molecule has 21 heavy (non-hydrogen) atoms. The maximum Gasteiger partial charge on any atom is 0.416 e. The van der Waals surface area contributed by atoms with Crippen molar-refractivity contribution in [2.45, 2.75) is 13.1 Å². The molecule has 0 spiro atoms. The lowest BCUT2D eigenvalue weighted by atomic mass is 10.2. The van der Waals surface area contributed by atoms with Crippen molar-refractivity contribution in [3.8, 4) is 5.75 Å². The monoisotopic (exact) mass is 327 g/mol. The molecule has 0 aliphatic heterocycles. The number of phenolic OH excluding ortho intramolecular Hbond substituents is 1. The number of ether oxygens (including phenoxy) is 1. The maximum atomic E-state index is 12.5. The van der Waals surface area contributed by atoms with Crippen molar-refractivity contribution >= 4 is 21.7 Å². The number of benzene rings is 1. The van der Waals surface area contributed by atoms with E-state index in [1.807, 2.05) is 0 Å². The van der Waals surface area contributed by atoms with Crippen LogP contribution in [0, 0.1) is 0 Å². The third-order valence-corrected chi connectivity index (χ3v) is 3.35. The summed E-state index contributed by atoms with van der Waals surface area (Å²) >= 11 is 0. The first-order valence-electron chi connectivity index (χ1n) is 5.61. The van der Waals surface area contributed by atoms with Gasteiger partial charge in [0.05, 0.1) is 17.9 Å². The zero-order valence-electron chi connectivity index (χ0n) is 10.8. The Kier molecular flexibility index (Phi) is 5.05. The number of sulfonamides is 1. The predicted octanol–water partition coefficient (Wildman–Crippen LogP) is 1.72. The second-order valence-electron chi connectivity index (χ2n) is 3.90. The Hall–Kier alpha value is -1.97. The molecule has 0 unspecified atom stereocenters. The molecule has 0 saturated carbocycles. The SMILES string of the molecule is CCOC(=O)CS(=O)(=O)Nc1cc(C(F)(F)F)ccc1O. The van der Waals surface area contributed by atoms with Crippen molar-refractivity contribution < 1.29 is 36.2 Å². The van der Waals surface area contributed by atoms with Gasteiger partial charge in [-0.3, -0.25) is 9.52 Å². The Morgan fingerprint density at radius 2 is 2.00 bits per heavy atom. The van der Waals surface area contributed by atoms with E-state index >= 15 is 0 Å². The molecular weight excluding hydrogens is 315 g/mol. The molecule has 1 rings (SSSR count). The predicted molar refractivity (Wildman–Crippen MR) is 67.2 cm³/mol. The van der Waals surface area contributed by atoms with E-state index in [0.717, 1.165) is 0 Å². The van der Waals surface area contributed by atoms with Crippen molar-refractivity contribution in [3.05, 3.63) is 23.8 Å². The second-order valence-corrected chi connectivity index (χ2v) is 5.62. The Bertz CT molecular complexity index is 627. The Labute approximate surface area is 118 Å². The number of carbonyl (C=O) groups excluding carboxylic acids is 1. The molecule has 1 aromatic carbocycles. The van der Waals surface area contributed by atoms with Crippen LogP contribution in [0.25, 0.3) is 0 Å². The number of aromatic hydroxyl groups is 1. The number of carbonyl (C=O) groups is 1. The number of halogens is 3. The summed E-state index contributed by atoms with van der Waals surface area (Å²) in [7, 11) is -4.29. The topological polar surface area (TPSA) is 92.7 Å². The van der Waals surface area contributed by atoms with Gasteiger partial charge in [0.25, 0.3) is 0 Å². The number of nitrogens with one attached hydrogen (secondary N) is 1. The summed E-state index contributed by atoms with van der Waals surface area (Å²) in [5, 5.41) is 9.39. The van der Waals surface area contributed by atoms with Gasteiger partial charge in [0.1, 0.15) is 5.75 Å². The van der Waals surface area contributed by atoms with Crippen LogP contribution in [0.3, 0.4) is 0 Å². The van der Waals surface area contributed by atoms with E-state index < -0.39 is 44.9 Å². The number of hydrogen-bond acceptors (Lipinski definition) is 5. The minimum absolute atomic E-state index is 0.0385. The Morgan fingerprint density at radius 3 is 2.52 bits per heavy atom. The van der Waals surface area contributed by atoms with Crippen LogP contribution in [0.1, 0.15) is 12.5 Å². The molecule has 0 radical (unpaired) electrons. The van der Waals surface area contributed by atoms with Crippen molar-refractivity contribution in [2.75, 3.05) is 17.1 Å². The molecule has 1 aromatic rings. The van der Waals surface area contributed by atoms with E-state index in [9.17, 15) is 31.5 Å². The van der Waals surface area contributed by atoms with Crippen LogP contribution in [0.15, 0.2) is 18.2 Å². The lowest BCUT2D eigenvalue weighted by molar-refractivity contribution is -0.140. The minimum atomic E-state index is -4.70. The zero-order valence-corrected chi connectivity index (χ0v) is 11.6. The molecule has 0 aromatic heterocycles. The van der Waals surface area contributed by atoms with Crippen molar-refractivity contribution in [2.24, 2.45) is 0 Å². The number of anilines is 1. The molecule has 0 saturated heterocycles. The van der Waals surface area contributed by atoms with Crippen molar-refractivity contribution in [1.29, 1.82) is 0 Å². The fourth-order valence-electron chi connectivity index (χ4n) is 1.36. The van der Waals surface area contributed by atoms with E-state index in [-0.39, 0.29) is 6.61 Å².